The van der Waals surface area contributed by atoms with E-state index in [4.69, 9.17) is 4.42 Å². The van der Waals surface area contributed by atoms with Gasteiger partial charge in [0.1, 0.15) is 5.76 Å². The third-order valence-corrected chi connectivity index (χ3v) is 3.43. The number of fused-ring (bicyclic) bond motifs is 3. The topological polar surface area (TPSA) is 43.1 Å². The molecule has 0 radical (unpaired) electrons. The molecule has 2 heterocycles. The average Bonchev–Trinajstić information content (AvgIpc) is 2.82. The fourth-order valence-corrected chi connectivity index (χ4v) is 2.67. The minimum atomic E-state index is 0.559. The maximum absolute atomic E-state index is 10.6. The molecule has 3 nitrogen and oxygen atoms in total. The van der Waals surface area contributed by atoms with Gasteiger partial charge < -0.3 is 4.42 Å². The maximum Gasteiger partial charge on any atom is 0.178 e. The van der Waals surface area contributed by atoms with Gasteiger partial charge in [0.2, 0.25) is 0 Å². The molecule has 2 aromatic rings. The summed E-state index contributed by atoms with van der Waals surface area (Å²) >= 11 is 1.48. The fraction of sp³-hybridized carbons (Fsp3) is 0.200. The quantitative estimate of drug-likeness (QED) is 0.671. The SMILES string of the molecule is O=Cc1nc2c(s1)CCc1occc1-2. The monoisotopic (exact) mass is 205 g/mol. The number of carbonyl (C=O) groups is 1. The van der Waals surface area contributed by atoms with Crippen molar-refractivity contribution >= 4 is 17.6 Å². The van der Waals surface area contributed by atoms with Crippen molar-refractivity contribution in [3.05, 3.63) is 28.0 Å². The van der Waals surface area contributed by atoms with E-state index in [2.05, 4.69) is 4.98 Å². The summed E-state index contributed by atoms with van der Waals surface area (Å²) in [5.41, 5.74) is 1.99. The normalized spacial score (nSPS) is 13.4. The molecule has 0 aliphatic heterocycles. The summed E-state index contributed by atoms with van der Waals surface area (Å²) in [5.74, 6) is 0.986. The highest BCUT2D eigenvalue weighted by atomic mass is 32.1. The largest absolute Gasteiger partial charge is 0.469 e. The van der Waals surface area contributed by atoms with E-state index < -0.39 is 0 Å². The Hall–Kier alpha value is -1.42. The summed E-state index contributed by atoms with van der Waals surface area (Å²) in [7, 11) is 0. The number of carbonyl (C=O) groups excluding carboxylic acids is 1. The average molecular weight is 205 g/mol. The van der Waals surface area contributed by atoms with Gasteiger partial charge in [-0.15, -0.1) is 11.3 Å². The number of aldehydes is 1. The summed E-state index contributed by atoms with van der Waals surface area (Å²) in [6.07, 6.45) is 4.33. The van der Waals surface area contributed by atoms with Crippen LogP contribution >= 0.6 is 11.3 Å². The molecule has 4 heteroatoms. The summed E-state index contributed by atoms with van der Waals surface area (Å²) in [4.78, 5) is 16.1. The fourth-order valence-electron chi connectivity index (χ4n) is 1.77. The Kier molecular flexibility index (Phi) is 1.58. The number of furan rings is 1. The van der Waals surface area contributed by atoms with E-state index in [0.29, 0.717) is 5.01 Å². The Labute approximate surface area is 84.4 Å². The zero-order valence-corrected chi connectivity index (χ0v) is 8.13. The van der Waals surface area contributed by atoms with Gasteiger partial charge in [0.15, 0.2) is 11.3 Å². The van der Waals surface area contributed by atoms with E-state index in [1.165, 1.54) is 16.2 Å². The smallest absolute Gasteiger partial charge is 0.178 e. The minimum Gasteiger partial charge on any atom is -0.469 e. The highest BCUT2D eigenvalue weighted by Gasteiger charge is 2.22. The van der Waals surface area contributed by atoms with Gasteiger partial charge in [-0.3, -0.25) is 4.79 Å². The van der Waals surface area contributed by atoms with Crippen molar-refractivity contribution in [3.8, 4) is 11.3 Å². The summed E-state index contributed by atoms with van der Waals surface area (Å²) in [5, 5.41) is 0.559. The Balaban J connectivity index is 2.24. The number of hydrogen-bond acceptors (Lipinski definition) is 4. The van der Waals surface area contributed by atoms with E-state index in [-0.39, 0.29) is 0 Å². The standard InChI is InChI=1S/C10H7NO2S/c12-5-9-11-10-6-3-4-13-7(6)1-2-8(10)14-9/h3-5H,1-2H2. The van der Waals surface area contributed by atoms with Gasteiger partial charge in [-0.2, -0.15) is 0 Å². The lowest BCUT2D eigenvalue weighted by atomic mass is 10.0. The molecule has 0 aromatic carbocycles. The first-order valence-electron chi connectivity index (χ1n) is 4.40. The molecule has 3 rings (SSSR count). The zero-order chi connectivity index (χ0) is 9.54. The lowest BCUT2D eigenvalue weighted by Gasteiger charge is -2.07. The number of aryl methyl sites for hydroxylation is 2. The summed E-state index contributed by atoms with van der Waals surface area (Å²) in [6, 6.07) is 1.92. The lowest BCUT2D eigenvalue weighted by Crippen LogP contribution is -1.98. The molecule has 0 saturated heterocycles. The van der Waals surface area contributed by atoms with Crippen molar-refractivity contribution in [1.82, 2.24) is 4.98 Å². The first-order valence-corrected chi connectivity index (χ1v) is 5.22. The second-order valence-corrected chi connectivity index (χ2v) is 4.31. The molecule has 2 aromatic heterocycles. The van der Waals surface area contributed by atoms with Gasteiger partial charge in [-0.1, -0.05) is 0 Å². The molecule has 14 heavy (non-hydrogen) atoms. The van der Waals surface area contributed by atoms with E-state index in [9.17, 15) is 4.79 Å². The molecule has 0 amide bonds. The predicted octanol–water partition coefficient (Wildman–Crippen LogP) is 2.31. The molecule has 1 aliphatic rings. The molecule has 0 N–H and O–H groups in total. The zero-order valence-electron chi connectivity index (χ0n) is 7.32. The third kappa shape index (κ3) is 0.974. The van der Waals surface area contributed by atoms with Crippen LogP contribution in [-0.2, 0) is 12.8 Å². The van der Waals surface area contributed by atoms with Crippen LogP contribution in [0.1, 0.15) is 20.4 Å². The van der Waals surface area contributed by atoms with E-state index in [1.807, 2.05) is 6.07 Å². The number of thiazole rings is 1. The Morgan fingerprint density at radius 3 is 3.29 bits per heavy atom. The highest BCUT2D eigenvalue weighted by molar-refractivity contribution is 7.13. The molecule has 70 valence electrons. The molecule has 0 bridgehead atoms. The maximum atomic E-state index is 10.6. The highest BCUT2D eigenvalue weighted by Crippen LogP contribution is 2.36. The van der Waals surface area contributed by atoms with E-state index in [0.717, 1.165) is 36.1 Å². The van der Waals surface area contributed by atoms with Gasteiger partial charge in [-0.05, 0) is 12.5 Å². The first-order chi connectivity index (χ1) is 6.88. The van der Waals surface area contributed by atoms with Crippen LogP contribution in [-0.4, -0.2) is 11.3 Å². The van der Waals surface area contributed by atoms with Crippen LogP contribution in [0.4, 0.5) is 0 Å². The lowest BCUT2D eigenvalue weighted by molar-refractivity contribution is 0.112. The van der Waals surface area contributed by atoms with Crippen molar-refractivity contribution in [2.24, 2.45) is 0 Å². The molecular formula is C10H7NO2S. The van der Waals surface area contributed by atoms with Crippen molar-refractivity contribution < 1.29 is 9.21 Å². The van der Waals surface area contributed by atoms with Crippen LogP contribution in [0.15, 0.2) is 16.7 Å². The van der Waals surface area contributed by atoms with Crippen LogP contribution in [0.25, 0.3) is 11.3 Å². The van der Waals surface area contributed by atoms with Gasteiger partial charge in [0.25, 0.3) is 0 Å². The summed E-state index contributed by atoms with van der Waals surface area (Å²) < 4.78 is 5.33. The van der Waals surface area contributed by atoms with Gasteiger partial charge in [-0.25, -0.2) is 4.98 Å². The number of hydrogen-bond donors (Lipinski definition) is 0. The van der Waals surface area contributed by atoms with Crippen LogP contribution in [0, 0.1) is 0 Å². The van der Waals surface area contributed by atoms with Crippen molar-refractivity contribution in [2.45, 2.75) is 12.8 Å². The van der Waals surface area contributed by atoms with Gasteiger partial charge in [0.05, 0.1) is 12.0 Å². The first kappa shape index (κ1) is 7.94. The minimum absolute atomic E-state index is 0.559. The van der Waals surface area contributed by atoms with Crippen molar-refractivity contribution in [1.29, 1.82) is 0 Å². The Morgan fingerprint density at radius 1 is 1.50 bits per heavy atom. The molecule has 0 unspecified atom stereocenters. The van der Waals surface area contributed by atoms with Crippen LogP contribution in [0.5, 0.6) is 0 Å². The number of rotatable bonds is 1. The third-order valence-electron chi connectivity index (χ3n) is 2.39. The molecule has 1 aliphatic carbocycles. The van der Waals surface area contributed by atoms with Crippen LogP contribution in [0.2, 0.25) is 0 Å². The van der Waals surface area contributed by atoms with Crippen LogP contribution < -0.4 is 0 Å². The van der Waals surface area contributed by atoms with Crippen molar-refractivity contribution in [3.63, 3.8) is 0 Å². The second-order valence-electron chi connectivity index (χ2n) is 3.20. The number of aromatic nitrogens is 1. The van der Waals surface area contributed by atoms with Crippen LogP contribution in [0.3, 0.4) is 0 Å². The summed E-state index contributed by atoms with van der Waals surface area (Å²) in [6.45, 7) is 0. The van der Waals surface area contributed by atoms with E-state index >= 15 is 0 Å². The Morgan fingerprint density at radius 2 is 2.43 bits per heavy atom. The predicted molar refractivity (Wildman–Crippen MR) is 52.6 cm³/mol. The Bertz CT molecular complexity index is 498. The number of nitrogens with zero attached hydrogens (tertiary/aromatic N) is 1. The van der Waals surface area contributed by atoms with E-state index in [1.54, 1.807) is 6.26 Å². The molecule has 0 atom stereocenters. The van der Waals surface area contributed by atoms with Gasteiger partial charge in [0, 0.05) is 16.9 Å². The second kappa shape index (κ2) is 2.78. The molecule has 0 fully saturated rings. The molecule has 0 saturated carbocycles. The van der Waals surface area contributed by atoms with Gasteiger partial charge >= 0.3 is 0 Å². The molecule has 0 spiro atoms. The van der Waals surface area contributed by atoms with Crippen molar-refractivity contribution in [2.75, 3.05) is 0 Å². The molecular weight excluding hydrogens is 198 g/mol.